The second-order valence-electron chi connectivity index (χ2n) is 4.90. The molecule has 0 saturated carbocycles. The number of thiophene rings is 1. The van der Waals surface area contributed by atoms with Crippen molar-refractivity contribution < 1.29 is 9.53 Å². The first-order valence-corrected chi connectivity index (χ1v) is 8.66. The van der Waals surface area contributed by atoms with Crippen molar-refractivity contribution in [3.63, 3.8) is 0 Å². The van der Waals surface area contributed by atoms with Crippen molar-refractivity contribution in [2.24, 2.45) is 0 Å². The van der Waals surface area contributed by atoms with Gasteiger partial charge in [-0.25, -0.2) is 0 Å². The van der Waals surface area contributed by atoms with Crippen LogP contribution < -0.4 is 0 Å². The Balaban J connectivity index is 1.76. The largest absolute Gasteiger partial charge is 0.376 e. The minimum Gasteiger partial charge on any atom is -0.376 e. The van der Waals surface area contributed by atoms with Crippen molar-refractivity contribution in [3.8, 4) is 0 Å². The highest BCUT2D eigenvalue weighted by Gasteiger charge is 2.34. The van der Waals surface area contributed by atoms with Gasteiger partial charge in [-0.2, -0.15) is 0 Å². The lowest BCUT2D eigenvalue weighted by atomic mass is 10.2. The summed E-state index contributed by atoms with van der Waals surface area (Å²) in [5.41, 5.74) is 1.19. The number of hydrogen-bond acceptors (Lipinski definition) is 5. The molecule has 0 spiro atoms. The Morgan fingerprint density at radius 1 is 1.60 bits per heavy atom. The molecule has 1 aromatic heterocycles. The summed E-state index contributed by atoms with van der Waals surface area (Å²) in [7, 11) is 0. The van der Waals surface area contributed by atoms with Crippen LogP contribution >= 0.6 is 35.3 Å². The Morgan fingerprint density at radius 3 is 3.10 bits per heavy atom. The molecule has 0 bridgehead atoms. The van der Waals surface area contributed by atoms with Crippen LogP contribution in [0.3, 0.4) is 0 Å². The Bertz CT molecular complexity index is 573. The van der Waals surface area contributed by atoms with E-state index in [1.165, 1.54) is 17.3 Å². The van der Waals surface area contributed by atoms with Crippen LogP contribution in [-0.4, -0.2) is 34.4 Å². The lowest BCUT2D eigenvalue weighted by Crippen LogP contribution is -2.35. The molecular formula is C14H15NO2S3. The maximum absolute atomic E-state index is 12.4. The van der Waals surface area contributed by atoms with Gasteiger partial charge in [-0.1, -0.05) is 24.0 Å². The minimum absolute atomic E-state index is 0.0169. The Hall–Kier alpha value is -0.690. The number of ether oxygens (including phenoxy) is 1. The molecule has 20 heavy (non-hydrogen) atoms. The number of carbonyl (C=O) groups is 1. The molecule has 2 aliphatic rings. The van der Waals surface area contributed by atoms with Crippen LogP contribution in [-0.2, 0) is 9.53 Å². The third-order valence-corrected chi connectivity index (χ3v) is 5.79. The topological polar surface area (TPSA) is 29.5 Å². The molecule has 2 fully saturated rings. The molecule has 2 aliphatic heterocycles. The van der Waals surface area contributed by atoms with Gasteiger partial charge in [0.1, 0.15) is 4.32 Å². The number of rotatable bonds is 3. The van der Waals surface area contributed by atoms with Crippen molar-refractivity contribution in [2.45, 2.75) is 25.9 Å². The average molecular weight is 325 g/mol. The fraction of sp³-hybridized carbons (Fsp3) is 0.429. The fourth-order valence-electron chi connectivity index (χ4n) is 2.30. The number of hydrogen-bond donors (Lipinski definition) is 0. The summed E-state index contributed by atoms with van der Waals surface area (Å²) in [6.45, 7) is 3.44. The number of nitrogens with zero attached hydrogens (tertiary/aromatic N) is 1. The van der Waals surface area contributed by atoms with Gasteiger partial charge in [-0.15, -0.1) is 11.3 Å². The molecule has 1 amide bonds. The van der Waals surface area contributed by atoms with Crippen LogP contribution in [0.1, 0.15) is 23.3 Å². The zero-order valence-corrected chi connectivity index (χ0v) is 13.6. The minimum atomic E-state index is 0.0169. The zero-order valence-electron chi connectivity index (χ0n) is 11.1. The molecule has 0 aliphatic carbocycles. The molecule has 0 unspecified atom stereocenters. The molecule has 0 aromatic carbocycles. The highest BCUT2D eigenvalue weighted by atomic mass is 32.2. The molecule has 1 atom stereocenters. The first kappa shape index (κ1) is 14.3. The number of amides is 1. The van der Waals surface area contributed by atoms with E-state index in [0.29, 0.717) is 10.9 Å². The quantitative estimate of drug-likeness (QED) is 0.629. The lowest BCUT2D eigenvalue weighted by Gasteiger charge is -2.18. The van der Waals surface area contributed by atoms with Gasteiger partial charge in [0.15, 0.2) is 0 Å². The van der Waals surface area contributed by atoms with Crippen LogP contribution in [0.2, 0.25) is 0 Å². The van der Waals surface area contributed by atoms with Crippen molar-refractivity contribution in [2.75, 3.05) is 13.2 Å². The third kappa shape index (κ3) is 2.83. The molecule has 3 rings (SSSR count). The summed E-state index contributed by atoms with van der Waals surface area (Å²) in [4.78, 5) is 16.0. The van der Waals surface area contributed by atoms with E-state index in [9.17, 15) is 4.79 Å². The molecule has 0 radical (unpaired) electrons. The highest BCUT2D eigenvalue weighted by Crippen LogP contribution is 2.34. The SMILES string of the molecule is Cc1ccsc1/C=C1\SC(=S)N(C[C@@H]2CCCO2)C1=O. The van der Waals surface area contributed by atoms with Crippen LogP contribution in [0.15, 0.2) is 16.4 Å². The Kier molecular flexibility index (Phi) is 4.26. The summed E-state index contributed by atoms with van der Waals surface area (Å²) in [6.07, 6.45) is 4.18. The highest BCUT2D eigenvalue weighted by molar-refractivity contribution is 8.26. The number of thioether (sulfide) groups is 1. The van der Waals surface area contributed by atoms with Crippen LogP contribution in [0, 0.1) is 6.92 Å². The number of aryl methyl sites for hydroxylation is 1. The molecule has 1 aromatic rings. The van der Waals surface area contributed by atoms with Crippen molar-refractivity contribution in [1.82, 2.24) is 4.90 Å². The van der Waals surface area contributed by atoms with E-state index < -0.39 is 0 Å². The van der Waals surface area contributed by atoms with Crippen molar-refractivity contribution in [3.05, 3.63) is 26.8 Å². The first-order chi connectivity index (χ1) is 9.65. The molecule has 3 nitrogen and oxygen atoms in total. The maximum atomic E-state index is 12.4. The second kappa shape index (κ2) is 5.97. The Labute approximate surface area is 132 Å². The molecule has 106 valence electrons. The predicted octanol–water partition coefficient (Wildman–Crippen LogP) is 3.44. The molecule has 3 heterocycles. The van der Waals surface area contributed by atoms with Crippen molar-refractivity contribution >= 4 is 51.6 Å². The van der Waals surface area contributed by atoms with Crippen LogP contribution in [0.4, 0.5) is 0 Å². The van der Waals surface area contributed by atoms with E-state index >= 15 is 0 Å². The third-order valence-electron chi connectivity index (χ3n) is 3.45. The van der Waals surface area contributed by atoms with E-state index in [1.807, 2.05) is 11.5 Å². The van der Waals surface area contributed by atoms with Gasteiger partial charge < -0.3 is 4.74 Å². The predicted molar refractivity (Wildman–Crippen MR) is 87.9 cm³/mol. The van der Waals surface area contributed by atoms with E-state index in [0.717, 1.165) is 29.2 Å². The van der Waals surface area contributed by atoms with E-state index in [4.69, 9.17) is 17.0 Å². The van der Waals surface area contributed by atoms with E-state index in [1.54, 1.807) is 16.2 Å². The maximum Gasteiger partial charge on any atom is 0.266 e. The molecule has 6 heteroatoms. The molecule has 0 N–H and O–H groups in total. The standard InChI is InChI=1S/C14H15NO2S3/c1-9-4-6-19-11(9)7-12-13(16)15(14(18)20-12)8-10-3-2-5-17-10/h4,6-7,10H,2-3,5,8H2,1H3/b12-7-/t10-/m0/s1. The van der Waals surface area contributed by atoms with Gasteiger partial charge in [0.05, 0.1) is 17.6 Å². The lowest BCUT2D eigenvalue weighted by molar-refractivity contribution is -0.123. The first-order valence-electron chi connectivity index (χ1n) is 6.56. The van der Waals surface area contributed by atoms with Gasteiger partial charge >= 0.3 is 0 Å². The average Bonchev–Trinajstić information content (AvgIpc) is 3.11. The summed E-state index contributed by atoms with van der Waals surface area (Å²) in [5.74, 6) is 0.0169. The smallest absolute Gasteiger partial charge is 0.266 e. The van der Waals surface area contributed by atoms with Gasteiger partial charge in [0, 0.05) is 11.5 Å². The summed E-state index contributed by atoms with van der Waals surface area (Å²) >= 11 is 8.37. The van der Waals surface area contributed by atoms with Gasteiger partial charge in [-0.05, 0) is 42.9 Å². The van der Waals surface area contributed by atoms with Crippen LogP contribution in [0.25, 0.3) is 6.08 Å². The molecule has 2 saturated heterocycles. The second-order valence-corrected chi connectivity index (χ2v) is 7.52. The Morgan fingerprint density at radius 2 is 2.45 bits per heavy atom. The van der Waals surface area contributed by atoms with Gasteiger partial charge in [0.25, 0.3) is 5.91 Å². The van der Waals surface area contributed by atoms with E-state index in [2.05, 4.69) is 13.0 Å². The molecular weight excluding hydrogens is 310 g/mol. The van der Waals surface area contributed by atoms with Gasteiger partial charge in [-0.3, -0.25) is 9.69 Å². The zero-order chi connectivity index (χ0) is 14.1. The number of thiocarbonyl (C=S) groups is 1. The monoisotopic (exact) mass is 325 g/mol. The normalized spacial score (nSPS) is 25.1. The van der Waals surface area contributed by atoms with Crippen molar-refractivity contribution in [1.29, 1.82) is 0 Å². The summed E-state index contributed by atoms with van der Waals surface area (Å²) in [5, 5.41) is 2.04. The fourth-order valence-corrected chi connectivity index (χ4v) is 4.49. The van der Waals surface area contributed by atoms with E-state index in [-0.39, 0.29) is 12.0 Å². The summed E-state index contributed by atoms with van der Waals surface area (Å²) in [6, 6.07) is 2.06. The van der Waals surface area contributed by atoms with Crippen LogP contribution in [0.5, 0.6) is 0 Å². The van der Waals surface area contributed by atoms with Gasteiger partial charge in [0.2, 0.25) is 0 Å². The number of carbonyl (C=O) groups excluding carboxylic acids is 1. The summed E-state index contributed by atoms with van der Waals surface area (Å²) < 4.78 is 6.24.